The number of benzene rings is 3. The first-order valence-corrected chi connectivity index (χ1v) is 10.0. The molecule has 152 valence electrons. The molecule has 0 radical (unpaired) electrons. The first-order valence-electron chi connectivity index (χ1n) is 10.0. The molecule has 1 aliphatic heterocycles. The summed E-state index contributed by atoms with van der Waals surface area (Å²) in [5.41, 5.74) is 4.88. The van der Waals surface area contributed by atoms with Gasteiger partial charge in [-0.15, -0.1) is 0 Å². The Bertz CT molecular complexity index is 1060. The lowest BCUT2D eigenvalue weighted by atomic mass is 10.0. The molecule has 0 saturated heterocycles. The SMILES string of the molecule is COc1cccc(C(=O)NCC2CN=C(c3ccccc3)c3ccccc3N2C)c1. The Morgan fingerprint density at radius 1 is 1.07 bits per heavy atom. The van der Waals surface area contributed by atoms with E-state index in [4.69, 9.17) is 9.73 Å². The Morgan fingerprint density at radius 3 is 2.63 bits per heavy atom. The molecule has 4 rings (SSSR count). The third kappa shape index (κ3) is 4.06. The molecule has 0 aliphatic carbocycles. The molecule has 5 nitrogen and oxygen atoms in total. The summed E-state index contributed by atoms with van der Waals surface area (Å²) >= 11 is 0. The lowest BCUT2D eigenvalue weighted by molar-refractivity contribution is 0.0951. The van der Waals surface area contributed by atoms with Crippen LogP contribution in [-0.4, -0.2) is 44.9 Å². The number of para-hydroxylation sites is 1. The van der Waals surface area contributed by atoms with Crippen LogP contribution in [0.1, 0.15) is 21.5 Å². The highest BCUT2D eigenvalue weighted by Gasteiger charge is 2.24. The second-order valence-corrected chi connectivity index (χ2v) is 7.28. The Hall–Kier alpha value is -3.60. The number of anilines is 1. The van der Waals surface area contributed by atoms with E-state index in [1.165, 1.54) is 0 Å². The summed E-state index contributed by atoms with van der Waals surface area (Å²) in [6.45, 7) is 1.08. The first kappa shape index (κ1) is 19.7. The molecule has 1 aliphatic rings. The van der Waals surface area contributed by atoms with Gasteiger partial charge in [0, 0.05) is 36.0 Å². The molecule has 3 aromatic carbocycles. The lowest BCUT2D eigenvalue weighted by Gasteiger charge is -2.28. The molecule has 1 amide bonds. The maximum atomic E-state index is 12.7. The number of amides is 1. The van der Waals surface area contributed by atoms with Gasteiger partial charge in [-0.3, -0.25) is 9.79 Å². The predicted octanol–water partition coefficient (Wildman–Crippen LogP) is 3.78. The maximum Gasteiger partial charge on any atom is 0.251 e. The smallest absolute Gasteiger partial charge is 0.251 e. The number of nitrogens with zero attached hydrogens (tertiary/aromatic N) is 2. The number of nitrogens with one attached hydrogen (secondary N) is 1. The minimum absolute atomic E-state index is 0.0434. The molecule has 0 spiro atoms. The minimum Gasteiger partial charge on any atom is -0.497 e. The lowest BCUT2D eigenvalue weighted by Crippen LogP contribution is -2.43. The molecule has 1 unspecified atom stereocenters. The van der Waals surface area contributed by atoms with E-state index in [2.05, 4.69) is 41.5 Å². The highest BCUT2D eigenvalue weighted by molar-refractivity contribution is 6.16. The van der Waals surface area contributed by atoms with Crippen molar-refractivity contribution in [1.29, 1.82) is 0 Å². The number of hydrogen-bond acceptors (Lipinski definition) is 4. The zero-order valence-corrected chi connectivity index (χ0v) is 17.2. The molecule has 5 heteroatoms. The molecule has 0 bridgehead atoms. The van der Waals surface area contributed by atoms with E-state index in [0.717, 1.165) is 22.5 Å². The first-order chi connectivity index (χ1) is 14.7. The van der Waals surface area contributed by atoms with Gasteiger partial charge in [0.25, 0.3) is 5.91 Å². The van der Waals surface area contributed by atoms with Crippen molar-refractivity contribution in [3.8, 4) is 5.75 Å². The van der Waals surface area contributed by atoms with Crippen LogP contribution in [-0.2, 0) is 0 Å². The third-order valence-corrected chi connectivity index (χ3v) is 5.42. The van der Waals surface area contributed by atoms with E-state index in [1.54, 1.807) is 19.2 Å². The summed E-state index contributed by atoms with van der Waals surface area (Å²) in [6.07, 6.45) is 0. The predicted molar refractivity (Wildman–Crippen MR) is 121 cm³/mol. The normalized spacial score (nSPS) is 15.6. The number of methoxy groups -OCH3 is 1. The number of aliphatic imine (C=N–C) groups is 1. The van der Waals surface area contributed by atoms with Gasteiger partial charge in [0.05, 0.1) is 25.4 Å². The van der Waals surface area contributed by atoms with Crippen LogP contribution < -0.4 is 15.0 Å². The molecule has 0 saturated carbocycles. The summed E-state index contributed by atoms with van der Waals surface area (Å²) < 4.78 is 5.22. The van der Waals surface area contributed by atoms with E-state index >= 15 is 0 Å². The van der Waals surface area contributed by atoms with Crippen LogP contribution in [0, 0.1) is 0 Å². The van der Waals surface area contributed by atoms with Gasteiger partial charge in [-0.25, -0.2) is 0 Å². The van der Waals surface area contributed by atoms with Gasteiger partial charge in [-0.2, -0.15) is 0 Å². The van der Waals surface area contributed by atoms with E-state index in [0.29, 0.717) is 24.4 Å². The zero-order valence-electron chi connectivity index (χ0n) is 17.2. The number of ether oxygens (including phenoxy) is 1. The topological polar surface area (TPSA) is 53.9 Å². The van der Waals surface area contributed by atoms with Gasteiger partial charge in [-0.1, -0.05) is 54.6 Å². The second-order valence-electron chi connectivity index (χ2n) is 7.28. The fourth-order valence-electron chi connectivity index (χ4n) is 3.70. The number of fused-ring (bicyclic) bond motifs is 1. The van der Waals surface area contributed by atoms with E-state index in [1.807, 2.05) is 42.5 Å². The molecule has 1 N–H and O–H groups in total. The largest absolute Gasteiger partial charge is 0.497 e. The van der Waals surface area contributed by atoms with Gasteiger partial charge in [0.15, 0.2) is 0 Å². The zero-order chi connectivity index (χ0) is 20.9. The van der Waals surface area contributed by atoms with Crippen LogP contribution in [0.4, 0.5) is 5.69 Å². The van der Waals surface area contributed by atoms with E-state index < -0.39 is 0 Å². The number of benzodiazepines with no additional fused rings is 1. The van der Waals surface area contributed by atoms with E-state index in [9.17, 15) is 4.79 Å². The molecule has 0 aromatic heterocycles. The van der Waals surface area contributed by atoms with Crippen molar-refractivity contribution in [2.75, 3.05) is 32.1 Å². The fraction of sp³-hybridized carbons (Fsp3) is 0.200. The van der Waals surface area contributed by atoms with E-state index in [-0.39, 0.29) is 11.9 Å². The van der Waals surface area contributed by atoms with Gasteiger partial charge in [-0.05, 0) is 24.3 Å². The van der Waals surface area contributed by atoms with Crippen molar-refractivity contribution < 1.29 is 9.53 Å². The van der Waals surface area contributed by atoms with Crippen molar-refractivity contribution in [2.24, 2.45) is 4.99 Å². The Morgan fingerprint density at radius 2 is 1.83 bits per heavy atom. The van der Waals surface area contributed by atoms with Crippen molar-refractivity contribution in [2.45, 2.75) is 6.04 Å². The summed E-state index contributed by atoms with van der Waals surface area (Å²) in [7, 11) is 3.65. The molecule has 1 heterocycles. The standard InChI is InChI=1S/C25H25N3O2/c1-28-20(17-27-25(29)19-11-8-12-21(15-19)30-2)16-26-24(18-9-4-3-5-10-18)22-13-6-7-14-23(22)28/h3-15,20H,16-17H2,1-2H3,(H,27,29). The van der Waals surface area contributed by atoms with Gasteiger partial charge in [0.1, 0.15) is 5.75 Å². The quantitative estimate of drug-likeness (QED) is 0.710. The summed E-state index contributed by atoms with van der Waals surface area (Å²) in [5.74, 6) is 0.548. The van der Waals surface area contributed by atoms with Crippen molar-refractivity contribution in [3.63, 3.8) is 0 Å². The number of likely N-dealkylation sites (N-methyl/N-ethyl adjacent to an activating group) is 1. The Labute approximate surface area is 177 Å². The summed E-state index contributed by atoms with van der Waals surface area (Å²) in [5, 5.41) is 3.06. The van der Waals surface area contributed by atoms with Crippen molar-refractivity contribution >= 4 is 17.3 Å². The number of rotatable bonds is 5. The molecular formula is C25H25N3O2. The third-order valence-electron chi connectivity index (χ3n) is 5.42. The highest BCUT2D eigenvalue weighted by atomic mass is 16.5. The highest BCUT2D eigenvalue weighted by Crippen LogP contribution is 2.27. The summed E-state index contributed by atoms with van der Waals surface area (Å²) in [6, 6.07) is 25.7. The van der Waals surface area contributed by atoms with Gasteiger partial charge < -0.3 is 15.0 Å². The molecule has 1 atom stereocenters. The average Bonchev–Trinajstić information content (AvgIpc) is 2.95. The maximum absolute atomic E-state index is 12.7. The summed E-state index contributed by atoms with van der Waals surface area (Å²) in [4.78, 5) is 19.8. The van der Waals surface area contributed by atoms with Crippen LogP contribution in [0.25, 0.3) is 0 Å². The number of hydrogen-bond donors (Lipinski definition) is 1. The Kier molecular flexibility index (Phi) is 5.80. The molecule has 3 aromatic rings. The van der Waals surface area contributed by atoms with Crippen LogP contribution >= 0.6 is 0 Å². The van der Waals surface area contributed by atoms with Crippen LogP contribution in [0.5, 0.6) is 5.75 Å². The molecular weight excluding hydrogens is 374 g/mol. The van der Waals surface area contributed by atoms with Crippen LogP contribution in [0.3, 0.4) is 0 Å². The Balaban J connectivity index is 1.57. The average molecular weight is 399 g/mol. The van der Waals surface area contributed by atoms with Gasteiger partial charge in [0.2, 0.25) is 0 Å². The number of carbonyl (C=O) groups is 1. The second kappa shape index (κ2) is 8.82. The molecule has 0 fully saturated rings. The van der Waals surface area contributed by atoms with Crippen molar-refractivity contribution in [3.05, 3.63) is 95.6 Å². The molecule has 30 heavy (non-hydrogen) atoms. The van der Waals surface area contributed by atoms with Crippen LogP contribution in [0.2, 0.25) is 0 Å². The monoisotopic (exact) mass is 399 g/mol. The number of carbonyl (C=O) groups excluding carboxylic acids is 1. The van der Waals surface area contributed by atoms with Gasteiger partial charge >= 0.3 is 0 Å². The van der Waals surface area contributed by atoms with Crippen molar-refractivity contribution in [1.82, 2.24) is 5.32 Å². The fourth-order valence-corrected chi connectivity index (χ4v) is 3.70. The van der Waals surface area contributed by atoms with Crippen LogP contribution in [0.15, 0.2) is 83.9 Å². The minimum atomic E-state index is -0.118.